The number of hydrogen-bond acceptors (Lipinski definition) is 4. The lowest BCUT2D eigenvalue weighted by Crippen LogP contribution is -2.60. The Bertz CT molecular complexity index is 273. The Kier molecular flexibility index (Phi) is 7.34. The van der Waals surface area contributed by atoms with E-state index in [0.717, 1.165) is 12.8 Å². The fourth-order valence-electron chi connectivity index (χ4n) is 2.29. The molecule has 0 bridgehead atoms. The summed E-state index contributed by atoms with van der Waals surface area (Å²) in [6, 6.07) is 0.559. The molecule has 0 aliphatic heterocycles. The first-order chi connectivity index (χ1) is 9.12. The fourth-order valence-corrected chi connectivity index (χ4v) is 2.29. The van der Waals surface area contributed by atoms with Gasteiger partial charge in [0, 0.05) is 38.8 Å². The largest absolute Gasteiger partial charge is 0.377 e. The Morgan fingerprint density at radius 3 is 2.74 bits per heavy atom. The molecular formula is C14H28N2O3. The molecular weight excluding hydrogens is 244 g/mol. The van der Waals surface area contributed by atoms with Crippen LogP contribution in [0.5, 0.6) is 0 Å². The van der Waals surface area contributed by atoms with Gasteiger partial charge >= 0.3 is 0 Å². The summed E-state index contributed by atoms with van der Waals surface area (Å²) in [4.78, 5) is 11.6. The average molecular weight is 272 g/mol. The molecule has 1 amide bonds. The van der Waals surface area contributed by atoms with Gasteiger partial charge in [0.1, 0.15) is 0 Å². The lowest BCUT2D eigenvalue weighted by molar-refractivity contribution is -0.132. The minimum Gasteiger partial charge on any atom is -0.377 e. The van der Waals surface area contributed by atoms with Gasteiger partial charge in [0.2, 0.25) is 5.91 Å². The topological polar surface area (TPSA) is 59.6 Å². The summed E-state index contributed by atoms with van der Waals surface area (Å²) in [5.74, 6) is 0.108. The molecule has 1 aliphatic carbocycles. The molecule has 0 radical (unpaired) electrons. The van der Waals surface area contributed by atoms with E-state index in [2.05, 4.69) is 17.6 Å². The second-order valence-corrected chi connectivity index (χ2v) is 5.12. The maximum absolute atomic E-state index is 11.6. The highest BCUT2D eigenvalue weighted by molar-refractivity contribution is 5.76. The van der Waals surface area contributed by atoms with E-state index in [9.17, 15) is 4.79 Å². The van der Waals surface area contributed by atoms with Crippen LogP contribution in [0.2, 0.25) is 0 Å². The van der Waals surface area contributed by atoms with E-state index < -0.39 is 0 Å². The standard InChI is InChI=1S/C14H28N2O3/c1-5-10(3)16-13(17)7-8-15-11-9-12(19-6-2)14(11)18-4/h10-12,14-15H,5-9H2,1-4H3,(H,16,17). The number of amides is 1. The number of nitrogens with one attached hydrogen (secondary N) is 2. The maximum atomic E-state index is 11.6. The fraction of sp³-hybridized carbons (Fsp3) is 0.929. The molecule has 1 rings (SSSR count). The summed E-state index contributed by atoms with van der Waals surface area (Å²) in [5, 5.41) is 6.32. The molecule has 1 aliphatic rings. The van der Waals surface area contributed by atoms with E-state index in [4.69, 9.17) is 9.47 Å². The molecule has 0 spiro atoms. The Hall–Kier alpha value is -0.650. The number of hydrogen-bond donors (Lipinski definition) is 2. The van der Waals surface area contributed by atoms with Crippen LogP contribution in [0.1, 0.15) is 40.0 Å². The van der Waals surface area contributed by atoms with Gasteiger partial charge in [-0.1, -0.05) is 6.92 Å². The van der Waals surface area contributed by atoms with Crippen molar-refractivity contribution in [2.45, 2.75) is 64.3 Å². The third-order valence-corrected chi connectivity index (χ3v) is 3.68. The molecule has 1 fully saturated rings. The summed E-state index contributed by atoms with van der Waals surface area (Å²) in [6.45, 7) is 7.48. The van der Waals surface area contributed by atoms with Gasteiger partial charge in [0.05, 0.1) is 12.2 Å². The molecule has 2 N–H and O–H groups in total. The van der Waals surface area contributed by atoms with Crippen molar-refractivity contribution in [3.05, 3.63) is 0 Å². The van der Waals surface area contributed by atoms with E-state index in [1.807, 2.05) is 13.8 Å². The molecule has 0 aromatic heterocycles. The Morgan fingerprint density at radius 2 is 2.16 bits per heavy atom. The Labute approximate surface area is 116 Å². The van der Waals surface area contributed by atoms with Crippen molar-refractivity contribution in [3.63, 3.8) is 0 Å². The van der Waals surface area contributed by atoms with Crippen molar-refractivity contribution >= 4 is 5.91 Å². The van der Waals surface area contributed by atoms with Crippen molar-refractivity contribution in [1.82, 2.24) is 10.6 Å². The minimum absolute atomic E-state index is 0.108. The predicted molar refractivity (Wildman–Crippen MR) is 75.1 cm³/mol. The van der Waals surface area contributed by atoms with Crippen LogP contribution < -0.4 is 10.6 Å². The molecule has 19 heavy (non-hydrogen) atoms. The van der Waals surface area contributed by atoms with E-state index in [-0.39, 0.29) is 24.2 Å². The molecule has 1 saturated carbocycles. The quantitative estimate of drug-likeness (QED) is 0.659. The first-order valence-corrected chi connectivity index (χ1v) is 7.29. The first-order valence-electron chi connectivity index (χ1n) is 7.29. The lowest BCUT2D eigenvalue weighted by atomic mass is 9.85. The number of rotatable bonds is 9. The highest BCUT2D eigenvalue weighted by Gasteiger charge is 2.41. The van der Waals surface area contributed by atoms with Crippen LogP contribution in [-0.4, -0.2) is 50.5 Å². The minimum atomic E-state index is 0.108. The smallest absolute Gasteiger partial charge is 0.221 e. The number of carbonyl (C=O) groups is 1. The summed E-state index contributed by atoms with van der Waals surface area (Å²) in [6.07, 6.45) is 2.73. The monoisotopic (exact) mass is 272 g/mol. The highest BCUT2D eigenvalue weighted by atomic mass is 16.5. The SMILES string of the molecule is CCOC1CC(NCCC(=O)NC(C)CC)C1OC. The van der Waals surface area contributed by atoms with E-state index in [0.29, 0.717) is 25.6 Å². The molecule has 4 atom stereocenters. The van der Waals surface area contributed by atoms with Gasteiger partial charge in [-0.25, -0.2) is 0 Å². The van der Waals surface area contributed by atoms with Crippen LogP contribution in [0.15, 0.2) is 0 Å². The van der Waals surface area contributed by atoms with E-state index >= 15 is 0 Å². The zero-order chi connectivity index (χ0) is 14.3. The van der Waals surface area contributed by atoms with Gasteiger partial charge in [-0.05, 0) is 26.7 Å². The molecule has 0 heterocycles. The number of ether oxygens (including phenoxy) is 2. The first kappa shape index (κ1) is 16.4. The van der Waals surface area contributed by atoms with Crippen molar-refractivity contribution in [3.8, 4) is 0 Å². The molecule has 112 valence electrons. The normalized spacial score (nSPS) is 27.7. The van der Waals surface area contributed by atoms with E-state index in [1.54, 1.807) is 7.11 Å². The number of methoxy groups -OCH3 is 1. The molecule has 0 saturated heterocycles. The highest BCUT2D eigenvalue weighted by Crippen LogP contribution is 2.26. The van der Waals surface area contributed by atoms with Crippen LogP contribution in [0.3, 0.4) is 0 Å². The second kappa shape index (κ2) is 8.51. The van der Waals surface area contributed by atoms with Crippen LogP contribution in [0.25, 0.3) is 0 Å². The van der Waals surface area contributed by atoms with Gasteiger partial charge < -0.3 is 20.1 Å². The van der Waals surface area contributed by atoms with Crippen LogP contribution in [0, 0.1) is 0 Å². The third kappa shape index (κ3) is 5.09. The van der Waals surface area contributed by atoms with Crippen LogP contribution in [0.4, 0.5) is 0 Å². The summed E-state index contributed by atoms with van der Waals surface area (Å²) in [7, 11) is 1.71. The third-order valence-electron chi connectivity index (χ3n) is 3.68. The zero-order valence-electron chi connectivity index (χ0n) is 12.6. The van der Waals surface area contributed by atoms with Crippen molar-refractivity contribution < 1.29 is 14.3 Å². The molecule has 0 aromatic carbocycles. The molecule has 4 unspecified atom stereocenters. The van der Waals surface area contributed by atoms with Gasteiger partial charge in [0.25, 0.3) is 0 Å². The summed E-state index contributed by atoms with van der Waals surface area (Å²) < 4.78 is 11.0. The van der Waals surface area contributed by atoms with Crippen LogP contribution in [-0.2, 0) is 14.3 Å². The van der Waals surface area contributed by atoms with Crippen molar-refractivity contribution in [2.75, 3.05) is 20.3 Å². The average Bonchev–Trinajstić information content (AvgIpc) is 2.36. The Balaban J connectivity index is 2.15. The lowest BCUT2D eigenvalue weighted by Gasteiger charge is -2.43. The van der Waals surface area contributed by atoms with E-state index in [1.165, 1.54) is 0 Å². The zero-order valence-corrected chi connectivity index (χ0v) is 12.6. The summed E-state index contributed by atoms with van der Waals surface area (Å²) >= 11 is 0. The van der Waals surface area contributed by atoms with Crippen molar-refractivity contribution in [2.24, 2.45) is 0 Å². The Morgan fingerprint density at radius 1 is 1.42 bits per heavy atom. The van der Waals surface area contributed by atoms with Crippen molar-refractivity contribution in [1.29, 1.82) is 0 Å². The summed E-state index contributed by atoms with van der Waals surface area (Å²) in [5.41, 5.74) is 0. The van der Waals surface area contributed by atoms with Gasteiger partial charge in [0.15, 0.2) is 0 Å². The second-order valence-electron chi connectivity index (χ2n) is 5.12. The van der Waals surface area contributed by atoms with Gasteiger partial charge in [-0.2, -0.15) is 0 Å². The molecule has 0 aromatic rings. The van der Waals surface area contributed by atoms with Crippen LogP contribution >= 0.6 is 0 Å². The predicted octanol–water partition coefficient (Wildman–Crippen LogP) is 1.07. The molecule has 5 heteroatoms. The van der Waals surface area contributed by atoms with Gasteiger partial charge in [-0.3, -0.25) is 4.79 Å². The maximum Gasteiger partial charge on any atom is 0.221 e. The molecule has 5 nitrogen and oxygen atoms in total. The number of carbonyl (C=O) groups excluding carboxylic acids is 1. The van der Waals surface area contributed by atoms with Gasteiger partial charge in [-0.15, -0.1) is 0 Å².